The maximum atomic E-state index is 11.6. The molecule has 1 N–H and O–H groups in total. The molecule has 0 aromatic carbocycles. The Balaban J connectivity index is 2.11. The Kier molecular flexibility index (Phi) is 4.81. The summed E-state index contributed by atoms with van der Waals surface area (Å²) < 4.78 is 23.2. The smallest absolute Gasteiger partial charge is 0.150 e. The summed E-state index contributed by atoms with van der Waals surface area (Å²) in [5, 5.41) is 4.04. The molecule has 0 amide bonds. The molecular weight excluding hydrogens is 284 g/mol. The lowest BCUT2D eigenvalue weighted by Gasteiger charge is -2.23. The van der Waals surface area contributed by atoms with Crippen LogP contribution in [0.25, 0.3) is 0 Å². The summed E-state index contributed by atoms with van der Waals surface area (Å²) in [6.45, 7) is 2.86. The molecule has 1 aromatic rings. The summed E-state index contributed by atoms with van der Waals surface area (Å²) in [7, 11) is -2.85. The molecule has 1 aromatic heterocycles. The lowest BCUT2D eigenvalue weighted by molar-refractivity contribution is 0.386. The highest BCUT2D eigenvalue weighted by molar-refractivity contribution is 7.91. The fourth-order valence-electron chi connectivity index (χ4n) is 2.62. The van der Waals surface area contributed by atoms with Gasteiger partial charge in [0.05, 0.1) is 16.5 Å². The van der Waals surface area contributed by atoms with Gasteiger partial charge in [0, 0.05) is 18.4 Å². The monoisotopic (exact) mass is 302 g/mol. The molecule has 0 aliphatic carbocycles. The minimum Gasteiger partial charge on any atom is -0.314 e. The van der Waals surface area contributed by atoms with Crippen molar-refractivity contribution in [3.05, 3.63) is 29.0 Å². The minimum absolute atomic E-state index is 0.155. The molecule has 2 atom stereocenters. The molecular formula is C13H19ClN2O2S. The molecule has 1 aliphatic rings. The van der Waals surface area contributed by atoms with Crippen molar-refractivity contribution < 1.29 is 8.42 Å². The van der Waals surface area contributed by atoms with Gasteiger partial charge in [0.25, 0.3) is 0 Å². The second-order valence-corrected chi connectivity index (χ2v) is 7.63. The molecule has 2 heterocycles. The van der Waals surface area contributed by atoms with E-state index in [4.69, 9.17) is 11.6 Å². The molecule has 2 unspecified atom stereocenters. The lowest BCUT2D eigenvalue weighted by Crippen LogP contribution is -2.38. The van der Waals surface area contributed by atoms with Gasteiger partial charge < -0.3 is 5.32 Å². The minimum atomic E-state index is -2.85. The van der Waals surface area contributed by atoms with Gasteiger partial charge in [-0.3, -0.25) is 4.98 Å². The molecule has 0 saturated carbocycles. The van der Waals surface area contributed by atoms with Gasteiger partial charge in [-0.15, -0.1) is 0 Å². The standard InChI is InChI=1S/C13H19ClN2O2S/c1-2-16-13(11-4-6-19(17,18)9-11)7-10-3-5-15-8-12(10)14/h3,5,8,11,13,16H,2,4,6-7,9H2,1H3. The number of pyridine rings is 1. The Morgan fingerprint density at radius 1 is 1.58 bits per heavy atom. The molecule has 1 fully saturated rings. The van der Waals surface area contributed by atoms with Crippen LogP contribution >= 0.6 is 11.6 Å². The topological polar surface area (TPSA) is 59.1 Å². The van der Waals surface area contributed by atoms with E-state index in [1.807, 2.05) is 13.0 Å². The van der Waals surface area contributed by atoms with Crippen LogP contribution in [0.4, 0.5) is 0 Å². The van der Waals surface area contributed by atoms with Crippen molar-refractivity contribution in [2.75, 3.05) is 18.1 Å². The van der Waals surface area contributed by atoms with Crippen molar-refractivity contribution in [1.82, 2.24) is 10.3 Å². The predicted molar refractivity (Wildman–Crippen MR) is 77.2 cm³/mol. The first kappa shape index (κ1) is 14.8. The Hall–Kier alpha value is -0.650. The molecule has 4 nitrogen and oxygen atoms in total. The van der Waals surface area contributed by atoms with Crippen molar-refractivity contribution in [1.29, 1.82) is 0 Å². The largest absolute Gasteiger partial charge is 0.314 e. The van der Waals surface area contributed by atoms with E-state index in [1.54, 1.807) is 12.4 Å². The first-order valence-electron chi connectivity index (χ1n) is 6.54. The second-order valence-electron chi connectivity index (χ2n) is 5.00. The van der Waals surface area contributed by atoms with E-state index in [1.165, 1.54) is 0 Å². The van der Waals surface area contributed by atoms with Gasteiger partial charge in [-0.25, -0.2) is 8.42 Å². The number of aromatic nitrogens is 1. The van der Waals surface area contributed by atoms with Crippen LogP contribution in [0, 0.1) is 5.92 Å². The Bertz CT molecular complexity index is 533. The molecule has 2 rings (SSSR count). The fourth-order valence-corrected chi connectivity index (χ4v) is 4.69. The molecule has 1 saturated heterocycles. The normalized spacial score (nSPS) is 23.4. The quantitative estimate of drug-likeness (QED) is 0.899. The average molecular weight is 303 g/mol. The van der Waals surface area contributed by atoms with E-state index in [0.717, 1.165) is 24.9 Å². The molecule has 19 heavy (non-hydrogen) atoms. The SMILES string of the molecule is CCNC(Cc1ccncc1Cl)C1CCS(=O)(=O)C1. The van der Waals surface area contributed by atoms with Crippen LogP contribution in [-0.4, -0.2) is 37.5 Å². The van der Waals surface area contributed by atoms with E-state index >= 15 is 0 Å². The van der Waals surface area contributed by atoms with Crippen LogP contribution < -0.4 is 5.32 Å². The summed E-state index contributed by atoms with van der Waals surface area (Å²) in [6, 6.07) is 2.05. The molecule has 0 bridgehead atoms. The fraction of sp³-hybridized carbons (Fsp3) is 0.615. The highest BCUT2D eigenvalue weighted by atomic mass is 35.5. The Labute approximate surface area is 119 Å². The number of likely N-dealkylation sites (N-methyl/N-ethyl adjacent to an activating group) is 1. The zero-order chi connectivity index (χ0) is 13.9. The summed E-state index contributed by atoms with van der Waals surface area (Å²) in [5.41, 5.74) is 1.02. The van der Waals surface area contributed by atoms with Gasteiger partial charge in [-0.05, 0) is 36.9 Å². The zero-order valence-electron chi connectivity index (χ0n) is 11.0. The maximum Gasteiger partial charge on any atom is 0.150 e. The van der Waals surface area contributed by atoms with Gasteiger partial charge in [-0.2, -0.15) is 0 Å². The van der Waals surface area contributed by atoms with E-state index in [0.29, 0.717) is 10.8 Å². The third-order valence-electron chi connectivity index (χ3n) is 3.60. The third kappa shape index (κ3) is 3.91. The van der Waals surface area contributed by atoms with Gasteiger partial charge >= 0.3 is 0 Å². The van der Waals surface area contributed by atoms with Crippen LogP contribution in [-0.2, 0) is 16.3 Å². The van der Waals surface area contributed by atoms with Crippen molar-refractivity contribution in [3.8, 4) is 0 Å². The summed E-state index contributed by atoms with van der Waals surface area (Å²) in [5.74, 6) is 0.769. The highest BCUT2D eigenvalue weighted by Gasteiger charge is 2.33. The van der Waals surface area contributed by atoms with E-state index in [9.17, 15) is 8.42 Å². The highest BCUT2D eigenvalue weighted by Crippen LogP contribution is 2.25. The molecule has 6 heteroatoms. The Morgan fingerprint density at radius 3 is 2.95 bits per heavy atom. The summed E-state index contributed by atoms with van der Waals surface area (Å²) in [6.07, 6.45) is 4.83. The van der Waals surface area contributed by atoms with E-state index in [-0.39, 0.29) is 17.7 Å². The average Bonchev–Trinajstić information content (AvgIpc) is 2.72. The first-order valence-corrected chi connectivity index (χ1v) is 8.74. The molecule has 1 aliphatic heterocycles. The first-order chi connectivity index (χ1) is 9.02. The molecule has 0 spiro atoms. The number of sulfone groups is 1. The van der Waals surface area contributed by atoms with Gasteiger partial charge in [0.2, 0.25) is 0 Å². The van der Waals surface area contributed by atoms with Crippen molar-refractivity contribution >= 4 is 21.4 Å². The summed E-state index contributed by atoms with van der Waals surface area (Å²) >= 11 is 6.12. The number of rotatable bonds is 5. The van der Waals surface area contributed by atoms with Gasteiger partial charge in [0.15, 0.2) is 9.84 Å². The van der Waals surface area contributed by atoms with Gasteiger partial charge in [-0.1, -0.05) is 18.5 Å². The van der Waals surface area contributed by atoms with E-state index < -0.39 is 9.84 Å². The number of hydrogen-bond donors (Lipinski definition) is 1. The van der Waals surface area contributed by atoms with Crippen LogP contribution in [0.2, 0.25) is 5.02 Å². The van der Waals surface area contributed by atoms with Crippen molar-refractivity contribution in [3.63, 3.8) is 0 Å². The zero-order valence-corrected chi connectivity index (χ0v) is 12.5. The van der Waals surface area contributed by atoms with Crippen LogP contribution in [0.3, 0.4) is 0 Å². The number of halogens is 1. The number of nitrogens with zero attached hydrogens (tertiary/aromatic N) is 1. The number of nitrogens with one attached hydrogen (secondary N) is 1. The second kappa shape index (κ2) is 6.20. The van der Waals surface area contributed by atoms with Crippen LogP contribution in [0.5, 0.6) is 0 Å². The van der Waals surface area contributed by atoms with Crippen LogP contribution in [0.15, 0.2) is 18.5 Å². The van der Waals surface area contributed by atoms with Crippen molar-refractivity contribution in [2.45, 2.75) is 25.8 Å². The molecule has 106 valence electrons. The lowest BCUT2D eigenvalue weighted by atomic mass is 9.93. The van der Waals surface area contributed by atoms with E-state index in [2.05, 4.69) is 10.3 Å². The van der Waals surface area contributed by atoms with Crippen molar-refractivity contribution in [2.24, 2.45) is 5.92 Å². The Morgan fingerprint density at radius 2 is 2.37 bits per heavy atom. The molecule has 0 radical (unpaired) electrons. The predicted octanol–water partition coefficient (Wildman–Crippen LogP) is 1.69. The van der Waals surface area contributed by atoms with Gasteiger partial charge in [0.1, 0.15) is 0 Å². The third-order valence-corrected chi connectivity index (χ3v) is 5.73. The number of hydrogen-bond acceptors (Lipinski definition) is 4. The van der Waals surface area contributed by atoms with Crippen LogP contribution in [0.1, 0.15) is 18.9 Å². The maximum absolute atomic E-state index is 11.6. The summed E-state index contributed by atoms with van der Waals surface area (Å²) in [4.78, 5) is 3.97.